The number of ether oxygens (including phenoxy) is 1. The zero-order chi connectivity index (χ0) is 18.2. The number of aromatic amines is 1. The average molecular weight is 355 g/mol. The van der Waals surface area contributed by atoms with Gasteiger partial charge < -0.3 is 9.72 Å². The SMILES string of the molecule is COc1ccc(-c2cc(Cn3cncn3)c3ccc4nccc4c3[nH]2)cc1. The van der Waals surface area contributed by atoms with Gasteiger partial charge in [0.2, 0.25) is 0 Å². The fraction of sp³-hybridized carbons (Fsp3) is 0.0952. The minimum atomic E-state index is 0.647. The first-order valence-electron chi connectivity index (χ1n) is 8.68. The highest BCUT2D eigenvalue weighted by molar-refractivity contribution is 6.05. The number of nitrogens with zero attached hydrogens (tertiary/aromatic N) is 4. The number of H-pyrrole nitrogens is 1. The molecule has 1 N–H and O–H groups in total. The van der Waals surface area contributed by atoms with Crippen molar-refractivity contribution in [2.45, 2.75) is 6.54 Å². The van der Waals surface area contributed by atoms with Crippen molar-refractivity contribution in [3.05, 3.63) is 72.9 Å². The number of fused-ring (bicyclic) bond motifs is 3. The number of rotatable bonds is 4. The van der Waals surface area contributed by atoms with Gasteiger partial charge >= 0.3 is 0 Å². The van der Waals surface area contributed by atoms with E-state index in [0.29, 0.717) is 6.54 Å². The zero-order valence-electron chi connectivity index (χ0n) is 14.8. The lowest BCUT2D eigenvalue weighted by Gasteiger charge is -2.13. The number of hydrogen-bond donors (Lipinski definition) is 1. The smallest absolute Gasteiger partial charge is 0.137 e. The standard InChI is InChI=1S/C21H17N5O/c1-27-16-4-2-14(3-5-16)20-10-15(11-26-13-22-12-24-26)17-6-7-19-18(8-9-23-19)21(17)25-20/h2-10,12-13,25H,11H2,1H3. The van der Waals surface area contributed by atoms with Crippen LogP contribution in [-0.4, -0.2) is 31.8 Å². The maximum absolute atomic E-state index is 5.28. The molecule has 3 aromatic heterocycles. The quantitative estimate of drug-likeness (QED) is 0.528. The molecule has 2 aromatic carbocycles. The minimum Gasteiger partial charge on any atom is -0.497 e. The number of pyridine rings is 1. The molecule has 0 radical (unpaired) electrons. The molecule has 5 rings (SSSR count). The molecule has 0 spiro atoms. The Hall–Kier alpha value is -3.67. The van der Waals surface area contributed by atoms with Gasteiger partial charge in [-0.15, -0.1) is 0 Å². The Bertz CT molecular complexity index is 1220. The van der Waals surface area contributed by atoms with E-state index in [2.05, 4.69) is 50.4 Å². The number of nitrogens with one attached hydrogen (secondary N) is 1. The monoisotopic (exact) mass is 355 g/mol. The summed E-state index contributed by atoms with van der Waals surface area (Å²) in [6, 6.07) is 16.4. The Morgan fingerprint density at radius 2 is 1.93 bits per heavy atom. The van der Waals surface area contributed by atoms with Crippen LogP contribution in [0.3, 0.4) is 0 Å². The first kappa shape index (κ1) is 15.6. The van der Waals surface area contributed by atoms with Crippen molar-refractivity contribution in [3.8, 4) is 17.0 Å². The van der Waals surface area contributed by atoms with Crippen LogP contribution in [0, 0.1) is 0 Å². The molecule has 0 aliphatic rings. The van der Waals surface area contributed by atoms with Gasteiger partial charge in [-0.2, -0.15) is 5.10 Å². The van der Waals surface area contributed by atoms with E-state index in [0.717, 1.165) is 38.8 Å². The van der Waals surface area contributed by atoms with Crippen molar-refractivity contribution < 1.29 is 4.74 Å². The molecular formula is C21H17N5O. The predicted molar refractivity (Wildman–Crippen MR) is 105 cm³/mol. The number of aromatic nitrogens is 5. The molecule has 0 aliphatic heterocycles. The van der Waals surface area contributed by atoms with Crippen molar-refractivity contribution in [2.75, 3.05) is 7.11 Å². The number of hydrogen-bond acceptors (Lipinski definition) is 4. The fourth-order valence-electron chi connectivity index (χ4n) is 3.45. The third-order valence-corrected chi connectivity index (χ3v) is 4.80. The predicted octanol–water partition coefficient (Wildman–Crippen LogP) is 4.03. The summed E-state index contributed by atoms with van der Waals surface area (Å²) < 4.78 is 7.11. The summed E-state index contributed by atoms with van der Waals surface area (Å²) in [6.45, 7) is 0.647. The van der Waals surface area contributed by atoms with Crippen LogP contribution in [0.15, 0.2) is 67.4 Å². The van der Waals surface area contributed by atoms with Gasteiger partial charge in [0.1, 0.15) is 18.4 Å². The van der Waals surface area contributed by atoms with Gasteiger partial charge in [-0.1, -0.05) is 6.07 Å². The lowest BCUT2D eigenvalue weighted by molar-refractivity contribution is 0.415. The highest BCUT2D eigenvalue weighted by Crippen LogP contribution is 2.30. The van der Waals surface area contributed by atoms with Gasteiger partial charge in [0.05, 0.1) is 24.7 Å². The van der Waals surface area contributed by atoms with Crippen molar-refractivity contribution in [1.29, 1.82) is 0 Å². The first-order chi connectivity index (χ1) is 13.3. The van der Waals surface area contributed by atoms with E-state index in [1.807, 2.05) is 29.1 Å². The second kappa shape index (κ2) is 6.25. The van der Waals surface area contributed by atoms with Crippen LogP contribution in [0.4, 0.5) is 0 Å². The summed E-state index contributed by atoms with van der Waals surface area (Å²) in [5.41, 5.74) is 5.36. The van der Waals surface area contributed by atoms with Crippen LogP contribution in [0.25, 0.3) is 33.1 Å². The van der Waals surface area contributed by atoms with Gasteiger partial charge in [-0.25, -0.2) is 9.67 Å². The zero-order valence-corrected chi connectivity index (χ0v) is 14.8. The van der Waals surface area contributed by atoms with Crippen LogP contribution in [0.5, 0.6) is 5.75 Å². The Morgan fingerprint density at radius 1 is 1.04 bits per heavy atom. The van der Waals surface area contributed by atoms with Gasteiger partial charge in [0.15, 0.2) is 0 Å². The van der Waals surface area contributed by atoms with Crippen LogP contribution in [-0.2, 0) is 6.54 Å². The van der Waals surface area contributed by atoms with Crippen molar-refractivity contribution in [2.24, 2.45) is 0 Å². The summed E-state index contributed by atoms with van der Waals surface area (Å²) in [4.78, 5) is 12.1. The van der Waals surface area contributed by atoms with Crippen LogP contribution in [0.1, 0.15) is 5.56 Å². The van der Waals surface area contributed by atoms with Crippen LogP contribution >= 0.6 is 0 Å². The third-order valence-electron chi connectivity index (χ3n) is 4.80. The highest BCUT2D eigenvalue weighted by Gasteiger charge is 2.11. The summed E-state index contributed by atoms with van der Waals surface area (Å²) in [5.74, 6) is 0.838. The van der Waals surface area contributed by atoms with E-state index in [1.165, 1.54) is 5.56 Å². The van der Waals surface area contributed by atoms with Gasteiger partial charge in [0.25, 0.3) is 0 Å². The summed E-state index contributed by atoms with van der Waals surface area (Å²) >= 11 is 0. The van der Waals surface area contributed by atoms with Gasteiger partial charge in [0, 0.05) is 22.7 Å². The molecule has 5 aromatic rings. The molecule has 6 nitrogen and oxygen atoms in total. The highest BCUT2D eigenvalue weighted by atomic mass is 16.5. The van der Waals surface area contributed by atoms with Crippen molar-refractivity contribution in [3.63, 3.8) is 0 Å². The van der Waals surface area contributed by atoms with E-state index in [1.54, 1.807) is 19.8 Å². The second-order valence-electron chi connectivity index (χ2n) is 6.40. The number of methoxy groups -OCH3 is 1. The van der Waals surface area contributed by atoms with Crippen molar-refractivity contribution in [1.82, 2.24) is 24.7 Å². The Labute approximate surface area is 155 Å². The molecule has 0 fully saturated rings. The molecule has 132 valence electrons. The molecule has 3 heterocycles. The molecule has 0 saturated heterocycles. The fourth-order valence-corrected chi connectivity index (χ4v) is 3.45. The van der Waals surface area contributed by atoms with Gasteiger partial charge in [-0.3, -0.25) is 4.98 Å². The lowest BCUT2D eigenvalue weighted by Crippen LogP contribution is -2.02. The molecule has 0 unspecified atom stereocenters. The molecule has 0 atom stereocenters. The molecule has 0 bridgehead atoms. The van der Waals surface area contributed by atoms with Crippen LogP contribution < -0.4 is 4.74 Å². The molecule has 27 heavy (non-hydrogen) atoms. The van der Waals surface area contributed by atoms with E-state index in [9.17, 15) is 0 Å². The normalized spacial score (nSPS) is 11.3. The third kappa shape index (κ3) is 2.71. The molecular weight excluding hydrogens is 338 g/mol. The maximum Gasteiger partial charge on any atom is 0.137 e. The Kier molecular flexibility index (Phi) is 3.60. The topological polar surface area (TPSA) is 68.6 Å². The summed E-state index contributed by atoms with van der Waals surface area (Å²) in [7, 11) is 1.67. The maximum atomic E-state index is 5.28. The van der Waals surface area contributed by atoms with Crippen LogP contribution in [0.2, 0.25) is 0 Å². The molecule has 0 saturated carbocycles. The van der Waals surface area contributed by atoms with E-state index in [4.69, 9.17) is 4.74 Å². The minimum absolute atomic E-state index is 0.647. The Morgan fingerprint density at radius 3 is 2.70 bits per heavy atom. The molecule has 0 aliphatic carbocycles. The Balaban J connectivity index is 1.74. The van der Waals surface area contributed by atoms with E-state index < -0.39 is 0 Å². The van der Waals surface area contributed by atoms with Gasteiger partial charge in [-0.05, 0) is 53.6 Å². The average Bonchev–Trinajstić information content (AvgIpc) is 3.39. The summed E-state index contributed by atoms with van der Waals surface area (Å²) in [6.07, 6.45) is 5.13. The van der Waals surface area contributed by atoms with Crippen molar-refractivity contribution >= 4 is 21.8 Å². The largest absolute Gasteiger partial charge is 0.497 e. The number of benzene rings is 2. The van der Waals surface area contributed by atoms with E-state index in [-0.39, 0.29) is 0 Å². The molecule has 6 heteroatoms. The van der Waals surface area contributed by atoms with E-state index >= 15 is 0 Å². The lowest BCUT2D eigenvalue weighted by atomic mass is 10.0. The second-order valence-corrected chi connectivity index (χ2v) is 6.40. The summed E-state index contributed by atoms with van der Waals surface area (Å²) in [5, 5.41) is 6.53. The first-order valence-corrected chi connectivity index (χ1v) is 8.68. The molecule has 0 amide bonds.